The van der Waals surface area contributed by atoms with Gasteiger partial charge >= 0.3 is 5.97 Å². The van der Waals surface area contributed by atoms with E-state index >= 15 is 0 Å². The van der Waals surface area contributed by atoms with Crippen LogP contribution in [0.4, 0.5) is 11.9 Å². The molecule has 0 radical (unpaired) electrons. The number of esters is 1. The van der Waals surface area contributed by atoms with Gasteiger partial charge < -0.3 is 15.4 Å². The average Bonchev–Trinajstić information content (AvgIpc) is 2.65. The first-order valence-electron chi connectivity index (χ1n) is 8.41. The number of nitrogens with two attached hydrogens (primary N) is 1. The van der Waals surface area contributed by atoms with Gasteiger partial charge in [-0.1, -0.05) is 12.1 Å². The summed E-state index contributed by atoms with van der Waals surface area (Å²) >= 11 is 0. The molecule has 29 heavy (non-hydrogen) atoms. The molecule has 0 bridgehead atoms. The van der Waals surface area contributed by atoms with Gasteiger partial charge in [-0.3, -0.25) is 9.59 Å². The van der Waals surface area contributed by atoms with Gasteiger partial charge in [0.05, 0.1) is 4.90 Å². The second-order valence-electron chi connectivity index (χ2n) is 6.31. The van der Waals surface area contributed by atoms with E-state index in [9.17, 15) is 18.0 Å². The van der Waals surface area contributed by atoms with Crippen LogP contribution in [0.3, 0.4) is 0 Å². The van der Waals surface area contributed by atoms with E-state index < -0.39 is 22.5 Å². The number of carbonyl (C=O) groups is 2. The van der Waals surface area contributed by atoms with E-state index in [2.05, 4.69) is 15.0 Å². The molecule has 12 heteroatoms. The Labute approximate surface area is 168 Å². The highest BCUT2D eigenvalue weighted by atomic mass is 32.2. The number of nitrogens with zero attached hydrogens (tertiary/aromatic N) is 5. The molecule has 0 aliphatic carbocycles. The number of carbonyl (C=O) groups excluding carboxylic acids is 2. The third-order valence-electron chi connectivity index (χ3n) is 3.77. The molecule has 0 spiro atoms. The van der Waals surface area contributed by atoms with Crippen LogP contribution >= 0.6 is 0 Å². The van der Waals surface area contributed by atoms with Gasteiger partial charge in [0.1, 0.15) is 6.54 Å². The maximum atomic E-state index is 12.6. The molecular formula is C17H22N6O5S. The monoisotopic (exact) mass is 422 g/mol. The highest BCUT2D eigenvalue weighted by Gasteiger charge is 2.24. The van der Waals surface area contributed by atoms with Gasteiger partial charge in [0.2, 0.25) is 21.9 Å². The van der Waals surface area contributed by atoms with E-state index in [4.69, 9.17) is 10.5 Å². The molecule has 2 N–H and O–H groups in total. The molecule has 0 saturated heterocycles. The molecule has 0 fully saturated rings. The molecule has 11 nitrogen and oxygen atoms in total. The Kier molecular flexibility index (Phi) is 6.82. The molecule has 2 aromatic rings. The molecule has 1 aromatic heterocycles. The fraction of sp³-hybridized carbons (Fsp3) is 0.353. The maximum Gasteiger partial charge on any atom is 0.321 e. The number of ether oxygens (including phenoxy) is 1. The van der Waals surface area contributed by atoms with Crippen LogP contribution in [-0.2, 0) is 26.2 Å². The predicted octanol–water partition coefficient (Wildman–Crippen LogP) is 0.0863. The van der Waals surface area contributed by atoms with Crippen LogP contribution in [0.15, 0.2) is 29.2 Å². The van der Waals surface area contributed by atoms with E-state index in [0.717, 1.165) is 4.31 Å². The van der Waals surface area contributed by atoms with Gasteiger partial charge in [-0.15, -0.1) is 0 Å². The van der Waals surface area contributed by atoms with Crippen molar-refractivity contribution in [3.05, 3.63) is 35.7 Å². The molecule has 0 aliphatic rings. The quantitative estimate of drug-likeness (QED) is 0.458. The first-order chi connectivity index (χ1) is 13.5. The first kappa shape index (κ1) is 22.2. The number of aromatic nitrogens is 3. The summed E-state index contributed by atoms with van der Waals surface area (Å²) in [6.45, 7) is 0.582. The van der Waals surface area contributed by atoms with Crippen molar-refractivity contribution in [1.29, 1.82) is 0 Å². The summed E-state index contributed by atoms with van der Waals surface area (Å²) in [5.41, 5.74) is 5.99. The topological polar surface area (TPSA) is 149 Å². The number of ketones is 1. The minimum atomic E-state index is -3.93. The number of Topliss-reactive ketones (excluding diaryl/α,β-unsaturated/α-hetero) is 1. The fourth-order valence-corrected chi connectivity index (χ4v) is 3.30. The summed E-state index contributed by atoms with van der Waals surface area (Å²) in [6.07, 6.45) is 0. The molecule has 0 unspecified atom stereocenters. The second kappa shape index (κ2) is 8.92. The largest absolute Gasteiger partial charge is 0.456 e. The number of nitrogen functional groups attached to an aromatic ring is 1. The Bertz CT molecular complexity index is 1010. The lowest BCUT2D eigenvalue weighted by Crippen LogP contribution is -2.33. The third-order valence-corrected chi connectivity index (χ3v) is 5.59. The summed E-state index contributed by atoms with van der Waals surface area (Å²) < 4.78 is 31.0. The van der Waals surface area contributed by atoms with E-state index in [1.165, 1.54) is 38.2 Å². The number of hydrogen-bond acceptors (Lipinski definition) is 10. The lowest BCUT2D eigenvalue weighted by Gasteiger charge is -2.16. The highest BCUT2D eigenvalue weighted by molar-refractivity contribution is 7.89. The normalized spacial score (nSPS) is 11.3. The molecule has 156 valence electrons. The average molecular weight is 422 g/mol. The van der Waals surface area contributed by atoms with Gasteiger partial charge in [0.15, 0.2) is 18.2 Å². The number of anilines is 2. The van der Waals surface area contributed by atoms with Gasteiger partial charge in [0, 0.05) is 26.7 Å². The standard InChI is InChI=1S/C17H22N6O5S/c1-11(24)12-5-7-13(8-6-12)29(26,27)23(4)9-15(25)28-10-14-19-16(18)21-17(20-14)22(2)3/h5-8H,9-10H2,1-4H3,(H2,18,19,20,21). The van der Waals surface area contributed by atoms with Crippen molar-refractivity contribution in [3.8, 4) is 0 Å². The smallest absolute Gasteiger partial charge is 0.321 e. The molecule has 0 saturated carbocycles. The Hall–Kier alpha value is -3.12. The minimum absolute atomic E-state index is 0.0246. The van der Waals surface area contributed by atoms with Crippen LogP contribution in [0.1, 0.15) is 23.1 Å². The number of benzene rings is 1. The maximum absolute atomic E-state index is 12.6. The summed E-state index contributed by atoms with van der Waals surface area (Å²) in [5.74, 6) is -0.551. The summed E-state index contributed by atoms with van der Waals surface area (Å²) in [5, 5.41) is 0. The Balaban J connectivity index is 2.02. The minimum Gasteiger partial charge on any atom is -0.456 e. The van der Waals surface area contributed by atoms with Gasteiger partial charge in [0.25, 0.3) is 0 Å². The van der Waals surface area contributed by atoms with Crippen molar-refractivity contribution < 1.29 is 22.7 Å². The Morgan fingerprint density at radius 1 is 1.07 bits per heavy atom. The number of hydrogen-bond donors (Lipinski definition) is 1. The van der Waals surface area contributed by atoms with Crippen molar-refractivity contribution in [2.24, 2.45) is 0 Å². The van der Waals surface area contributed by atoms with Crippen molar-refractivity contribution >= 4 is 33.7 Å². The van der Waals surface area contributed by atoms with Crippen molar-refractivity contribution in [2.45, 2.75) is 18.4 Å². The van der Waals surface area contributed by atoms with Crippen LogP contribution in [0, 0.1) is 0 Å². The molecular weight excluding hydrogens is 400 g/mol. The zero-order valence-corrected chi connectivity index (χ0v) is 17.3. The summed E-state index contributed by atoms with van der Waals surface area (Å²) in [7, 11) is 0.751. The van der Waals surface area contributed by atoms with E-state index in [1.807, 2.05) is 0 Å². The van der Waals surface area contributed by atoms with Crippen molar-refractivity contribution in [2.75, 3.05) is 38.3 Å². The van der Waals surface area contributed by atoms with Gasteiger partial charge in [-0.2, -0.15) is 19.3 Å². The van der Waals surface area contributed by atoms with E-state index in [0.29, 0.717) is 11.5 Å². The summed E-state index contributed by atoms with van der Waals surface area (Å²) in [4.78, 5) is 36.8. The SMILES string of the molecule is CC(=O)c1ccc(S(=O)(=O)N(C)CC(=O)OCc2nc(N)nc(N(C)C)n2)cc1. The van der Waals surface area contributed by atoms with Crippen LogP contribution in [0.25, 0.3) is 0 Å². The molecule has 2 rings (SSSR count). The zero-order chi connectivity index (χ0) is 21.8. The lowest BCUT2D eigenvalue weighted by molar-refractivity contribution is -0.145. The Morgan fingerprint density at radius 3 is 2.24 bits per heavy atom. The van der Waals surface area contributed by atoms with Crippen LogP contribution in [-0.4, -0.2) is 67.1 Å². The number of likely N-dealkylation sites (N-methyl/N-ethyl adjacent to an activating group) is 1. The fourth-order valence-electron chi connectivity index (χ4n) is 2.19. The highest BCUT2D eigenvalue weighted by Crippen LogP contribution is 2.16. The van der Waals surface area contributed by atoms with Gasteiger partial charge in [-0.05, 0) is 19.1 Å². The lowest BCUT2D eigenvalue weighted by atomic mass is 10.2. The van der Waals surface area contributed by atoms with Crippen molar-refractivity contribution in [3.63, 3.8) is 0 Å². The second-order valence-corrected chi connectivity index (χ2v) is 8.35. The van der Waals surface area contributed by atoms with Crippen LogP contribution in [0.5, 0.6) is 0 Å². The van der Waals surface area contributed by atoms with Gasteiger partial charge in [-0.25, -0.2) is 8.42 Å². The van der Waals surface area contributed by atoms with Crippen LogP contribution < -0.4 is 10.6 Å². The molecule has 0 atom stereocenters. The number of rotatable bonds is 8. The molecule has 0 amide bonds. The predicted molar refractivity (Wildman–Crippen MR) is 105 cm³/mol. The third kappa shape index (κ3) is 5.68. The molecule has 0 aliphatic heterocycles. The van der Waals surface area contributed by atoms with E-state index in [1.54, 1.807) is 19.0 Å². The summed E-state index contributed by atoms with van der Waals surface area (Å²) in [6, 6.07) is 5.44. The number of sulfonamides is 1. The molecule has 1 aromatic carbocycles. The first-order valence-corrected chi connectivity index (χ1v) is 9.85. The van der Waals surface area contributed by atoms with Crippen molar-refractivity contribution in [1.82, 2.24) is 19.3 Å². The van der Waals surface area contributed by atoms with E-state index in [-0.39, 0.29) is 29.1 Å². The Morgan fingerprint density at radius 2 is 1.69 bits per heavy atom. The van der Waals surface area contributed by atoms with Crippen LogP contribution in [0.2, 0.25) is 0 Å². The zero-order valence-electron chi connectivity index (χ0n) is 16.5. The molecule has 1 heterocycles.